The molecule has 26 heavy (non-hydrogen) atoms. The minimum atomic E-state index is -0.519. The summed E-state index contributed by atoms with van der Waals surface area (Å²) in [6, 6.07) is 6.32. The third-order valence-electron chi connectivity index (χ3n) is 3.89. The van der Waals surface area contributed by atoms with Crippen molar-refractivity contribution < 1.29 is 14.4 Å². The Morgan fingerprint density at radius 2 is 1.88 bits per heavy atom. The van der Waals surface area contributed by atoms with Crippen molar-refractivity contribution in [2.24, 2.45) is 11.7 Å². The summed E-state index contributed by atoms with van der Waals surface area (Å²) in [4.78, 5) is 34.9. The first kappa shape index (κ1) is 18.3. The van der Waals surface area contributed by atoms with Crippen LogP contribution in [0, 0.1) is 5.92 Å². The van der Waals surface area contributed by atoms with E-state index in [2.05, 4.69) is 20.8 Å². The second-order valence-corrected chi connectivity index (χ2v) is 7.97. The summed E-state index contributed by atoms with van der Waals surface area (Å²) >= 11 is 2.48. The average Bonchev–Trinajstić information content (AvgIpc) is 2.99. The largest absolute Gasteiger partial charge is 0.366 e. The van der Waals surface area contributed by atoms with Gasteiger partial charge in [-0.3, -0.25) is 14.4 Å². The molecule has 0 bridgehead atoms. The highest BCUT2D eigenvalue weighted by atomic mass is 32.2. The molecule has 1 saturated carbocycles. The molecule has 0 unspecified atom stereocenters. The molecular weight excluding hydrogens is 374 g/mol. The number of rotatable bonds is 7. The van der Waals surface area contributed by atoms with E-state index in [1.54, 1.807) is 24.3 Å². The fourth-order valence-corrected chi connectivity index (χ4v) is 3.79. The monoisotopic (exact) mass is 391 g/mol. The molecule has 1 aliphatic rings. The van der Waals surface area contributed by atoms with Crippen molar-refractivity contribution in [3.8, 4) is 0 Å². The van der Waals surface area contributed by atoms with Crippen molar-refractivity contribution in [3.05, 3.63) is 29.8 Å². The van der Waals surface area contributed by atoms with Gasteiger partial charge < -0.3 is 16.4 Å². The van der Waals surface area contributed by atoms with Gasteiger partial charge in [0.25, 0.3) is 0 Å². The molecule has 1 heterocycles. The van der Waals surface area contributed by atoms with Crippen LogP contribution in [0.1, 0.15) is 29.6 Å². The third kappa shape index (κ3) is 4.79. The van der Waals surface area contributed by atoms with Gasteiger partial charge in [0.1, 0.15) is 0 Å². The molecule has 1 aromatic carbocycles. The van der Waals surface area contributed by atoms with Crippen LogP contribution >= 0.6 is 23.1 Å². The number of hydrogen-bond donors (Lipinski definition) is 3. The highest BCUT2D eigenvalue weighted by Gasteiger charge is 2.26. The maximum Gasteiger partial charge on any atom is 0.248 e. The normalized spacial score (nSPS) is 13.7. The zero-order valence-electron chi connectivity index (χ0n) is 13.7. The smallest absolute Gasteiger partial charge is 0.248 e. The van der Waals surface area contributed by atoms with Gasteiger partial charge in [-0.15, -0.1) is 10.2 Å². The number of carbonyl (C=O) groups excluding carboxylic acids is 3. The Kier molecular flexibility index (Phi) is 5.84. The van der Waals surface area contributed by atoms with Gasteiger partial charge in [0.05, 0.1) is 5.75 Å². The number of primary amides is 1. The van der Waals surface area contributed by atoms with E-state index in [0.29, 0.717) is 20.7 Å². The Labute approximate surface area is 157 Å². The van der Waals surface area contributed by atoms with E-state index in [0.717, 1.165) is 19.3 Å². The summed E-state index contributed by atoms with van der Waals surface area (Å²) in [5.74, 6) is -0.502. The number of nitrogens with one attached hydrogen (secondary N) is 2. The molecule has 0 aliphatic heterocycles. The minimum absolute atomic E-state index is 0.0129. The Balaban J connectivity index is 1.45. The van der Waals surface area contributed by atoms with Gasteiger partial charge in [0.2, 0.25) is 22.9 Å². The molecule has 0 spiro atoms. The van der Waals surface area contributed by atoms with E-state index in [-0.39, 0.29) is 23.5 Å². The summed E-state index contributed by atoms with van der Waals surface area (Å²) in [5, 5.41) is 13.8. The topological polar surface area (TPSA) is 127 Å². The van der Waals surface area contributed by atoms with Crippen LogP contribution in [0.15, 0.2) is 28.6 Å². The molecule has 2 aromatic rings. The zero-order chi connectivity index (χ0) is 18.5. The average molecular weight is 391 g/mol. The fourth-order valence-electron chi connectivity index (χ4n) is 2.24. The van der Waals surface area contributed by atoms with Gasteiger partial charge in [0, 0.05) is 17.2 Å². The van der Waals surface area contributed by atoms with Crippen molar-refractivity contribution >= 4 is 51.6 Å². The summed E-state index contributed by atoms with van der Waals surface area (Å²) < 4.78 is 0.605. The Bertz CT molecular complexity index is 818. The predicted molar refractivity (Wildman–Crippen MR) is 100 cm³/mol. The van der Waals surface area contributed by atoms with E-state index in [4.69, 9.17) is 5.73 Å². The van der Waals surface area contributed by atoms with Gasteiger partial charge >= 0.3 is 0 Å². The van der Waals surface area contributed by atoms with Crippen molar-refractivity contribution in [3.63, 3.8) is 0 Å². The SMILES string of the molecule is NC(=O)c1ccc(NC(=O)CSc2nnc(NC(=O)C3CCC3)s2)cc1. The standard InChI is InChI=1S/C16H17N5O3S2/c17-13(23)9-4-6-11(7-5-9)18-12(22)8-25-16-21-20-15(26-16)19-14(24)10-2-1-3-10/h4-7,10H,1-3,8H2,(H2,17,23)(H,18,22)(H,19,20,24). The van der Waals surface area contributed by atoms with Crippen LogP contribution < -0.4 is 16.4 Å². The number of thioether (sulfide) groups is 1. The Morgan fingerprint density at radius 3 is 2.50 bits per heavy atom. The van der Waals surface area contributed by atoms with Gasteiger partial charge in [-0.2, -0.15) is 0 Å². The van der Waals surface area contributed by atoms with Crippen molar-refractivity contribution in [2.75, 3.05) is 16.4 Å². The first-order valence-electron chi connectivity index (χ1n) is 7.98. The molecule has 3 rings (SSSR count). The Morgan fingerprint density at radius 1 is 1.15 bits per heavy atom. The van der Waals surface area contributed by atoms with E-state index in [1.807, 2.05) is 0 Å². The Hall–Kier alpha value is -2.46. The molecule has 4 N–H and O–H groups in total. The summed E-state index contributed by atoms with van der Waals surface area (Å²) in [5.41, 5.74) is 6.12. The second-order valence-electron chi connectivity index (χ2n) is 5.77. The number of nitrogens with two attached hydrogens (primary N) is 1. The molecule has 8 nitrogen and oxygen atoms in total. The molecule has 1 fully saturated rings. The molecule has 10 heteroatoms. The number of carbonyl (C=O) groups is 3. The molecule has 0 atom stereocenters. The first-order valence-corrected chi connectivity index (χ1v) is 9.78. The molecular formula is C16H17N5O3S2. The lowest BCUT2D eigenvalue weighted by atomic mass is 9.85. The summed E-state index contributed by atoms with van der Waals surface area (Å²) in [6.45, 7) is 0. The number of nitrogens with zero attached hydrogens (tertiary/aromatic N) is 2. The van der Waals surface area contributed by atoms with Crippen molar-refractivity contribution in [1.82, 2.24) is 10.2 Å². The van der Waals surface area contributed by atoms with E-state index >= 15 is 0 Å². The number of anilines is 2. The predicted octanol–water partition coefficient (Wildman–Crippen LogP) is 2.11. The van der Waals surface area contributed by atoms with Crippen LogP contribution in [0.25, 0.3) is 0 Å². The quantitative estimate of drug-likeness (QED) is 0.490. The molecule has 0 radical (unpaired) electrons. The molecule has 1 aliphatic carbocycles. The number of amides is 3. The van der Waals surface area contributed by atoms with Crippen molar-refractivity contribution in [2.45, 2.75) is 23.6 Å². The number of hydrogen-bond acceptors (Lipinski definition) is 7. The van der Waals surface area contributed by atoms with Crippen LogP contribution in [0.2, 0.25) is 0 Å². The highest BCUT2D eigenvalue weighted by Crippen LogP contribution is 2.30. The van der Waals surface area contributed by atoms with Gasteiger partial charge in [0.15, 0.2) is 4.34 Å². The van der Waals surface area contributed by atoms with E-state index in [1.165, 1.54) is 23.1 Å². The van der Waals surface area contributed by atoms with Crippen LogP contribution in [-0.2, 0) is 9.59 Å². The number of benzene rings is 1. The molecule has 136 valence electrons. The lowest BCUT2D eigenvalue weighted by molar-refractivity contribution is -0.122. The summed E-state index contributed by atoms with van der Waals surface area (Å²) in [7, 11) is 0. The zero-order valence-corrected chi connectivity index (χ0v) is 15.4. The van der Waals surface area contributed by atoms with Gasteiger partial charge in [-0.1, -0.05) is 29.5 Å². The van der Waals surface area contributed by atoms with Gasteiger partial charge in [-0.25, -0.2) is 0 Å². The maximum atomic E-state index is 12.0. The van der Waals surface area contributed by atoms with Gasteiger partial charge in [-0.05, 0) is 37.1 Å². The van der Waals surface area contributed by atoms with Crippen LogP contribution in [0.4, 0.5) is 10.8 Å². The number of aromatic nitrogens is 2. The van der Waals surface area contributed by atoms with E-state index in [9.17, 15) is 14.4 Å². The minimum Gasteiger partial charge on any atom is -0.366 e. The first-order chi connectivity index (χ1) is 12.5. The van der Waals surface area contributed by atoms with Crippen molar-refractivity contribution in [1.29, 1.82) is 0 Å². The highest BCUT2D eigenvalue weighted by molar-refractivity contribution is 8.01. The third-order valence-corrected chi connectivity index (χ3v) is 5.86. The molecule has 3 amide bonds. The lowest BCUT2D eigenvalue weighted by Crippen LogP contribution is -2.27. The van der Waals surface area contributed by atoms with E-state index < -0.39 is 5.91 Å². The lowest BCUT2D eigenvalue weighted by Gasteiger charge is -2.23. The summed E-state index contributed by atoms with van der Waals surface area (Å²) in [6.07, 6.45) is 2.94. The van der Waals surface area contributed by atoms with Crippen LogP contribution in [-0.4, -0.2) is 33.7 Å². The molecule has 1 aromatic heterocycles. The second kappa shape index (κ2) is 8.28. The molecule has 0 saturated heterocycles. The van der Waals surface area contributed by atoms with Crippen LogP contribution in [0.3, 0.4) is 0 Å². The fraction of sp³-hybridized carbons (Fsp3) is 0.312. The maximum absolute atomic E-state index is 12.0. The van der Waals surface area contributed by atoms with Crippen LogP contribution in [0.5, 0.6) is 0 Å².